The second-order valence-corrected chi connectivity index (χ2v) is 6.00. The number of pyridine rings is 1. The lowest BCUT2D eigenvalue weighted by Gasteiger charge is -2.11. The monoisotopic (exact) mass is 344 g/mol. The second-order valence-electron chi connectivity index (χ2n) is 6.00. The van der Waals surface area contributed by atoms with Crippen molar-refractivity contribution in [2.45, 2.75) is 13.8 Å². The van der Waals surface area contributed by atoms with Crippen LogP contribution in [-0.4, -0.2) is 9.91 Å². The van der Waals surface area contributed by atoms with Crippen LogP contribution < -0.4 is 5.73 Å². The molecule has 0 fully saturated rings. The van der Waals surface area contributed by atoms with Gasteiger partial charge in [-0.3, -0.25) is 10.1 Å². The van der Waals surface area contributed by atoms with Crippen LogP contribution in [0.4, 0.5) is 11.5 Å². The van der Waals surface area contributed by atoms with Crippen molar-refractivity contribution < 1.29 is 4.92 Å². The van der Waals surface area contributed by atoms with Crippen molar-refractivity contribution in [3.05, 3.63) is 75.3 Å². The first-order valence-corrected chi connectivity index (χ1v) is 7.94. The first-order valence-electron chi connectivity index (χ1n) is 7.94. The van der Waals surface area contributed by atoms with E-state index in [-0.39, 0.29) is 17.1 Å². The van der Waals surface area contributed by atoms with Crippen LogP contribution in [0.2, 0.25) is 0 Å². The predicted molar refractivity (Wildman–Crippen MR) is 100 cm³/mol. The number of benzene rings is 2. The van der Waals surface area contributed by atoms with E-state index in [0.717, 1.165) is 16.7 Å². The normalized spacial score (nSPS) is 10.3. The molecule has 2 aromatic carbocycles. The second kappa shape index (κ2) is 6.65. The van der Waals surface area contributed by atoms with Gasteiger partial charge in [0.1, 0.15) is 17.5 Å². The largest absolute Gasteiger partial charge is 0.383 e. The molecule has 1 aromatic heterocycles. The molecule has 3 rings (SSSR count). The van der Waals surface area contributed by atoms with Gasteiger partial charge in [0.15, 0.2) is 0 Å². The summed E-state index contributed by atoms with van der Waals surface area (Å²) in [6, 6.07) is 15.9. The van der Waals surface area contributed by atoms with Crippen LogP contribution in [0.25, 0.3) is 22.4 Å². The average Bonchev–Trinajstić information content (AvgIpc) is 2.63. The van der Waals surface area contributed by atoms with Crippen molar-refractivity contribution in [1.29, 1.82) is 5.26 Å². The van der Waals surface area contributed by atoms with Crippen LogP contribution in [0.3, 0.4) is 0 Å². The van der Waals surface area contributed by atoms with Gasteiger partial charge in [-0.15, -0.1) is 0 Å². The fraction of sp³-hybridized carbons (Fsp3) is 0.100. The Kier molecular flexibility index (Phi) is 4.38. The lowest BCUT2D eigenvalue weighted by Crippen LogP contribution is -2.01. The summed E-state index contributed by atoms with van der Waals surface area (Å²) in [5.41, 5.74) is 10.4. The van der Waals surface area contributed by atoms with Crippen LogP contribution in [0.15, 0.2) is 48.5 Å². The molecule has 0 saturated carbocycles. The Morgan fingerprint density at radius 3 is 2.46 bits per heavy atom. The molecular formula is C20H16N4O2. The first kappa shape index (κ1) is 17.1. The van der Waals surface area contributed by atoms with Crippen molar-refractivity contribution in [1.82, 2.24) is 4.98 Å². The molecule has 0 radical (unpaired) electrons. The van der Waals surface area contributed by atoms with E-state index >= 15 is 0 Å². The summed E-state index contributed by atoms with van der Waals surface area (Å²) in [7, 11) is 0. The zero-order valence-electron chi connectivity index (χ0n) is 14.4. The van der Waals surface area contributed by atoms with E-state index in [1.165, 1.54) is 6.07 Å². The Labute approximate surface area is 150 Å². The molecule has 6 heteroatoms. The molecule has 0 bridgehead atoms. The van der Waals surface area contributed by atoms with Gasteiger partial charge < -0.3 is 5.73 Å². The van der Waals surface area contributed by atoms with Crippen molar-refractivity contribution in [2.75, 3.05) is 5.73 Å². The number of nitrogen functional groups attached to an aromatic ring is 1. The molecule has 0 amide bonds. The van der Waals surface area contributed by atoms with Crippen molar-refractivity contribution in [2.24, 2.45) is 0 Å². The summed E-state index contributed by atoms with van der Waals surface area (Å²) < 4.78 is 0. The third kappa shape index (κ3) is 2.98. The molecule has 1 heterocycles. The van der Waals surface area contributed by atoms with Gasteiger partial charge in [0.2, 0.25) is 0 Å². The number of nitriles is 1. The predicted octanol–water partition coefficient (Wildman–Crippen LogP) is 4.39. The Bertz CT molecular complexity index is 1070. The van der Waals surface area contributed by atoms with E-state index in [1.54, 1.807) is 24.3 Å². The summed E-state index contributed by atoms with van der Waals surface area (Å²) in [5.74, 6) is 0.0522. The average molecular weight is 344 g/mol. The molecule has 2 N–H and O–H groups in total. The Balaban J connectivity index is 2.29. The molecular weight excluding hydrogens is 328 g/mol. The molecule has 0 aliphatic rings. The Hall–Kier alpha value is -3.72. The molecule has 0 unspecified atom stereocenters. The number of nitrogens with zero attached hydrogens (tertiary/aromatic N) is 3. The van der Waals surface area contributed by atoms with E-state index in [9.17, 15) is 15.4 Å². The standard InChI is InChI=1S/C20H16N4O2/c1-12-7-8-14(9-13(12)2)18-10-16(17(11-21)20(22)23-18)15-5-3-4-6-19(15)24(25)26/h3-10H,1-2H3,(H2,22,23). The molecule has 0 aliphatic heterocycles. The highest BCUT2D eigenvalue weighted by atomic mass is 16.6. The molecule has 0 atom stereocenters. The van der Waals surface area contributed by atoms with Gasteiger partial charge in [0, 0.05) is 17.2 Å². The van der Waals surface area contributed by atoms with Crippen molar-refractivity contribution >= 4 is 11.5 Å². The molecule has 0 aliphatic carbocycles. The molecule has 6 nitrogen and oxygen atoms in total. The van der Waals surface area contributed by atoms with Gasteiger partial charge in [0.05, 0.1) is 16.2 Å². The van der Waals surface area contributed by atoms with Gasteiger partial charge in [-0.1, -0.05) is 24.3 Å². The van der Waals surface area contributed by atoms with Gasteiger partial charge in [-0.05, 0) is 43.2 Å². The third-order valence-electron chi connectivity index (χ3n) is 4.35. The number of anilines is 1. The van der Waals surface area contributed by atoms with E-state index in [0.29, 0.717) is 16.8 Å². The molecule has 0 saturated heterocycles. The number of hydrogen-bond donors (Lipinski definition) is 1. The van der Waals surface area contributed by atoms with E-state index in [2.05, 4.69) is 4.98 Å². The van der Waals surface area contributed by atoms with Crippen LogP contribution in [0, 0.1) is 35.3 Å². The van der Waals surface area contributed by atoms with Gasteiger partial charge in [-0.2, -0.15) is 5.26 Å². The smallest absolute Gasteiger partial charge is 0.277 e. The zero-order chi connectivity index (χ0) is 18.8. The summed E-state index contributed by atoms with van der Waals surface area (Å²) in [6.45, 7) is 4.01. The maximum Gasteiger partial charge on any atom is 0.277 e. The number of rotatable bonds is 3. The number of aryl methyl sites for hydroxylation is 2. The SMILES string of the molecule is Cc1ccc(-c2cc(-c3ccccc3[N+](=O)[O-])c(C#N)c(N)n2)cc1C. The van der Waals surface area contributed by atoms with E-state index in [4.69, 9.17) is 5.73 Å². The highest BCUT2D eigenvalue weighted by Gasteiger charge is 2.20. The number of nitro benzene ring substituents is 1. The van der Waals surface area contributed by atoms with Gasteiger partial charge in [-0.25, -0.2) is 4.98 Å². The van der Waals surface area contributed by atoms with E-state index < -0.39 is 4.92 Å². The maximum atomic E-state index is 11.4. The minimum absolute atomic E-state index is 0.0522. The number of nitrogens with two attached hydrogens (primary N) is 1. The Morgan fingerprint density at radius 2 is 1.81 bits per heavy atom. The highest BCUT2D eigenvalue weighted by molar-refractivity contribution is 5.84. The lowest BCUT2D eigenvalue weighted by atomic mass is 9.96. The molecule has 3 aromatic rings. The van der Waals surface area contributed by atoms with Crippen LogP contribution >= 0.6 is 0 Å². The number of hydrogen-bond acceptors (Lipinski definition) is 5. The molecule has 128 valence electrons. The quantitative estimate of drug-likeness (QED) is 0.560. The number of para-hydroxylation sites is 1. The fourth-order valence-corrected chi connectivity index (χ4v) is 2.80. The van der Waals surface area contributed by atoms with Crippen molar-refractivity contribution in [3.63, 3.8) is 0 Å². The van der Waals surface area contributed by atoms with Crippen molar-refractivity contribution in [3.8, 4) is 28.5 Å². The first-order chi connectivity index (χ1) is 12.4. The topological polar surface area (TPSA) is 106 Å². The number of aromatic nitrogens is 1. The Morgan fingerprint density at radius 1 is 1.08 bits per heavy atom. The lowest BCUT2D eigenvalue weighted by molar-refractivity contribution is -0.384. The summed E-state index contributed by atoms with van der Waals surface area (Å²) in [4.78, 5) is 15.3. The minimum atomic E-state index is -0.469. The minimum Gasteiger partial charge on any atom is -0.383 e. The van der Waals surface area contributed by atoms with Crippen LogP contribution in [0.1, 0.15) is 16.7 Å². The third-order valence-corrected chi connectivity index (χ3v) is 4.35. The molecule has 26 heavy (non-hydrogen) atoms. The summed E-state index contributed by atoms with van der Waals surface area (Å²) in [5, 5.41) is 20.9. The molecule has 0 spiro atoms. The number of nitro groups is 1. The fourth-order valence-electron chi connectivity index (χ4n) is 2.80. The zero-order valence-corrected chi connectivity index (χ0v) is 14.4. The van der Waals surface area contributed by atoms with Crippen LogP contribution in [-0.2, 0) is 0 Å². The van der Waals surface area contributed by atoms with Crippen LogP contribution in [0.5, 0.6) is 0 Å². The maximum absolute atomic E-state index is 11.4. The highest BCUT2D eigenvalue weighted by Crippen LogP contribution is 2.36. The summed E-state index contributed by atoms with van der Waals surface area (Å²) in [6.07, 6.45) is 0. The van der Waals surface area contributed by atoms with E-state index in [1.807, 2.05) is 38.1 Å². The van der Waals surface area contributed by atoms with Gasteiger partial charge >= 0.3 is 0 Å². The summed E-state index contributed by atoms with van der Waals surface area (Å²) >= 11 is 0. The van der Waals surface area contributed by atoms with Gasteiger partial charge in [0.25, 0.3) is 5.69 Å².